The summed E-state index contributed by atoms with van der Waals surface area (Å²) in [6.45, 7) is 7.53. The zero-order valence-corrected chi connectivity index (χ0v) is 10.6. The molecule has 0 aliphatic carbocycles. The fourth-order valence-electron chi connectivity index (χ4n) is 1.86. The lowest BCUT2D eigenvalue weighted by molar-refractivity contribution is -0.0868. The summed E-state index contributed by atoms with van der Waals surface area (Å²) in [7, 11) is 3.77. The maximum atomic E-state index is 10.2. The predicted molar refractivity (Wildman–Crippen MR) is 62.7 cm³/mol. The van der Waals surface area contributed by atoms with E-state index in [4.69, 9.17) is 0 Å². The quantitative estimate of drug-likeness (QED) is 0.605. The molecule has 0 heterocycles. The van der Waals surface area contributed by atoms with Crippen molar-refractivity contribution in [1.29, 1.82) is 0 Å². The molecule has 0 spiro atoms. The van der Waals surface area contributed by atoms with Crippen LogP contribution in [0.15, 0.2) is 0 Å². The van der Waals surface area contributed by atoms with Crippen LogP contribution in [0.1, 0.15) is 27.2 Å². The summed E-state index contributed by atoms with van der Waals surface area (Å²) in [5.74, 6) is 0. The fraction of sp³-hybridized carbons (Fsp3) is 1.00. The van der Waals surface area contributed by atoms with Gasteiger partial charge in [-0.2, -0.15) is 0 Å². The van der Waals surface area contributed by atoms with Crippen LogP contribution in [0.2, 0.25) is 0 Å². The summed E-state index contributed by atoms with van der Waals surface area (Å²) >= 11 is 0. The highest BCUT2D eigenvalue weighted by molar-refractivity contribution is 4.81. The third-order valence-electron chi connectivity index (χ3n) is 2.90. The molecule has 15 heavy (non-hydrogen) atoms. The molecule has 0 saturated carbocycles. The maximum absolute atomic E-state index is 10.2. The van der Waals surface area contributed by atoms with E-state index in [2.05, 4.69) is 0 Å². The molecule has 0 rings (SSSR count). The highest BCUT2D eigenvalue weighted by Gasteiger charge is 2.30. The molecule has 0 bridgehead atoms. The minimum absolute atomic E-state index is 0.227. The van der Waals surface area contributed by atoms with Gasteiger partial charge in [0.05, 0.1) is 12.1 Å². The fourth-order valence-corrected chi connectivity index (χ4v) is 1.86. The molecule has 0 aliphatic heterocycles. The molecule has 4 heteroatoms. The monoisotopic (exact) mass is 218 g/mol. The number of aliphatic hydroxyl groups excluding tert-OH is 2. The van der Waals surface area contributed by atoms with Gasteiger partial charge in [0.25, 0.3) is 0 Å². The number of aliphatic hydroxyl groups is 2. The number of hydrogen-bond acceptors (Lipinski definition) is 4. The van der Waals surface area contributed by atoms with E-state index >= 15 is 0 Å². The summed E-state index contributed by atoms with van der Waals surface area (Å²) in [4.78, 5) is 3.83. The summed E-state index contributed by atoms with van der Waals surface area (Å²) in [5, 5.41) is 20.0. The molecule has 0 aromatic carbocycles. The van der Waals surface area contributed by atoms with Crippen molar-refractivity contribution < 1.29 is 10.2 Å². The third kappa shape index (κ3) is 4.07. The Balaban J connectivity index is 4.60. The van der Waals surface area contributed by atoms with Crippen molar-refractivity contribution >= 4 is 0 Å². The largest absolute Gasteiger partial charge is 0.391 e. The first-order chi connectivity index (χ1) is 6.99. The molecule has 0 aromatic rings. The van der Waals surface area contributed by atoms with Crippen molar-refractivity contribution in [3.63, 3.8) is 0 Å². The molecule has 3 unspecified atom stereocenters. The lowest BCUT2D eigenvalue weighted by Crippen LogP contribution is -2.54. The molecule has 3 atom stereocenters. The van der Waals surface area contributed by atoms with Gasteiger partial charge in [0.15, 0.2) is 0 Å². The van der Waals surface area contributed by atoms with Gasteiger partial charge in [-0.25, -0.2) is 0 Å². The first-order valence-electron chi connectivity index (χ1n) is 5.76. The molecule has 0 aliphatic rings. The second-order valence-electron chi connectivity index (χ2n) is 4.06. The summed E-state index contributed by atoms with van der Waals surface area (Å²) < 4.78 is 0. The molecular formula is C11H26N2O2. The average Bonchev–Trinajstić information content (AvgIpc) is 2.19. The van der Waals surface area contributed by atoms with Crippen LogP contribution in [0.25, 0.3) is 0 Å². The molecule has 2 N–H and O–H groups in total. The number of nitrogens with zero attached hydrogens (tertiary/aromatic N) is 2. The van der Waals surface area contributed by atoms with Crippen molar-refractivity contribution in [3.8, 4) is 0 Å². The van der Waals surface area contributed by atoms with E-state index in [0.29, 0.717) is 6.42 Å². The van der Waals surface area contributed by atoms with Crippen LogP contribution < -0.4 is 0 Å². The molecule has 0 fully saturated rings. The standard InChI is InChI=1S/C11H26N2O2/c1-6-9(14)10(12(4)5)11(15)13(7-2)8-3/h9-11,14-15H,6-8H2,1-5H3. The average molecular weight is 218 g/mol. The van der Waals surface area contributed by atoms with Crippen molar-refractivity contribution in [2.24, 2.45) is 0 Å². The zero-order valence-electron chi connectivity index (χ0n) is 10.6. The molecule has 0 saturated heterocycles. The topological polar surface area (TPSA) is 46.9 Å². The maximum Gasteiger partial charge on any atom is 0.125 e. The Labute approximate surface area is 93.5 Å². The van der Waals surface area contributed by atoms with E-state index in [9.17, 15) is 10.2 Å². The van der Waals surface area contributed by atoms with Crippen molar-refractivity contribution in [2.75, 3.05) is 27.2 Å². The van der Waals surface area contributed by atoms with Crippen LogP contribution in [0.5, 0.6) is 0 Å². The van der Waals surface area contributed by atoms with Crippen LogP contribution in [0.3, 0.4) is 0 Å². The molecule has 0 radical (unpaired) electrons. The number of likely N-dealkylation sites (N-methyl/N-ethyl adjacent to an activating group) is 2. The van der Waals surface area contributed by atoms with E-state index < -0.39 is 12.3 Å². The Bertz CT molecular complexity index is 161. The summed E-state index contributed by atoms with van der Waals surface area (Å²) in [5.41, 5.74) is 0. The van der Waals surface area contributed by atoms with Crippen LogP contribution in [0.4, 0.5) is 0 Å². The molecular weight excluding hydrogens is 192 g/mol. The van der Waals surface area contributed by atoms with Crippen LogP contribution in [-0.4, -0.2) is 65.6 Å². The first kappa shape index (κ1) is 14.8. The van der Waals surface area contributed by atoms with E-state index in [1.807, 2.05) is 44.7 Å². The SMILES string of the molecule is CCC(O)C(C(O)N(CC)CC)N(C)C. The first-order valence-corrected chi connectivity index (χ1v) is 5.76. The van der Waals surface area contributed by atoms with Gasteiger partial charge in [-0.1, -0.05) is 20.8 Å². The predicted octanol–water partition coefficient (Wildman–Crippen LogP) is 0.348. The minimum Gasteiger partial charge on any atom is -0.391 e. The van der Waals surface area contributed by atoms with Crippen LogP contribution >= 0.6 is 0 Å². The zero-order chi connectivity index (χ0) is 12.0. The van der Waals surface area contributed by atoms with Crippen molar-refractivity contribution in [1.82, 2.24) is 9.80 Å². The second-order valence-corrected chi connectivity index (χ2v) is 4.06. The lowest BCUT2D eigenvalue weighted by Gasteiger charge is -2.38. The normalized spacial score (nSPS) is 18.2. The van der Waals surface area contributed by atoms with E-state index in [0.717, 1.165) is 13.1 Å². The van der Waals surface area contributed by atoms with Gasteiger partial charge < -0.3 is 15.1 Å². The number of rotatable bonds is 7. The Kier molecular flexibility index (Phi) is 7.09. The van der Waals surface area contributed by atoms with Gasteiger partial charge in [0, 0.05) is 0 Å². The van der Waals surface area contributed by atoms with Crippen molar-refractivity contribution in [3.05, 3.63) is 0 Å². The molecule has 92 valence electrons. The Morgan fingerprint density at radius 2 is 1.47 bits per heavy atom. The van der Waals surface area contributed by atoms with Crippen LogP contribution in [-0.2, 0) is 0 Å². The summed E-state index contributed by atoms with van der Waals surface area (Å²) in [6, 6.07) is -0.227. The molecule has 4 nitrogen and oxygen atoms in total. The van der Waals surface area contributed by atoms with Gasteiger partial charge in [-0.3, -0.25) is 4.90 Å². The highest BCUT2D eigenvalue weighted by Crippen LogP contribution is 2.12. The Morgan fingerprint density at radius 3 is 1.73 bits per heavy atom. The molecule has 0 amide bonds. The van der Waals surface area contributed by atoms with E-state index in [1.54, 1.807) is 0 Å². The lowest BCUT2D eigenvalue weighted by atomic mass is 10.1. The van der Waals surface area contributed by atoms with E-state index in [1.165, 1.54) is 0 Å². The minimum atomic E-state index is -0.607. The Morgan fingerprint density at radius 1 is 1.00 bits per heavy atom. The molecule has 0 aromatic heterocycles. The van der Waals surface area contributed by atoms with E-state index in [-0.39, 0.29) is 6.04 Å². The summed E-state index contributed by atoms with van der Waals surface area (Å²) in [6.07, 6.45) is -0.443. The highest BCUT2D eigenvalue weighted by atomic mass is 16.3. The van der Waals surface area contributed by atoms with Gasteiger partial charge in [-0.15, -0.1) is 0 Å². The van der Waals surface area contributed by atoms with Gasteiger partial charge in [-0.05, 0) is 33.6 Å². The number of hydrogen-bond donors (Lipinski definition) is 2. The smallest absolute Gasteiger partial charge is 0.125 e. The van der Waals surface area contributed by atoms with Crippen LogP contribution in [0, 0.1) is 0 Å². The van der Waals surface area contributed by atoms with Gasteiger partial charge in [0.2, 0.25) is 0 Å². The van der Waals surface area contributed by atoms with Gasteiger partial charge in [0.1, 0.15) is 6.23 Å². The third-order valence-corrected chi connectivity index (χ3v) is 2.90. The van der Waals surface area contributed by atoms with Gasteiger partial charge >= 0.3 is 0 Å². The van der Waals surface area contributed by atoms with Crippen molar-refractivity contribution in [2.45, 2.75) is 45.6 Å². The Hall–Kier alpha value is -0.160. The second kappa shape index (κ2) is 7.17.